The highest BCUT2D eigenvalue weighted by Crippen LogP contribution is 2.18. The molecule has 1 aliphatic carbocycles. The van der Waals surface area contributed by atoms with Crippen LogP contribution in [0.5, 0.6) is 0 Å². The smallest absolute Gasteiger partial charge is 0.0662 e. The lowest BCUT2D eigenvalue weighted by Gasteiger charge is -2.07. The molecule has 1 aromatic carbocycles. The van der Waals surface area contributed by atoms with Crippen LogP contribution in [0.3, 0.4) is 0 Å². The highest BCUT2D eigenvalue weighted by molar-refractivity contribution is 5.23. The van der Waals surface area contributed by atoms with Crippen LogP contribution in [-0.4, -0.2) is 22.4 Å². The first-order valence-electron chi connectivity index (χ1n) is 7.11. The molecule has 3 heteroatoms. The van der Waals surface area contributed by atoms with Gasteiger partial charge in [0.1, 0.15) is 0 Å². The Hall–Kier alpha value is -1.61. The van der Waals surface area contributed by atoms with Gasteiger partial charge in [-0.15, -0.1) is 0 Å². The van der Waals surface area contributed by atoms with Gasteiger partial charge in [-0.2, -0.15) is 5.10 Å². The standard InChI is InChI=1S/C16H21N3/c1-13-8-11-18-19(13)12-15-4-2-14(3-5-15)9-10-17-16-6-7-16/h2-5,8,11,16-17H,6-7,9-10,12H2,1H3. The minimum absolute atomic E-state index is 0.807. The molecular formula is C16H21N3. The quantitative estimate of drug-likeness (QED) is 0.859. The van der Waals surface area contributed by atoms with Crippen molar-refractivity contribution in [3.63, 3.8) is 0 Å². The van der Waals surface area contributed by atoms with Crippen LogP contribution in [0.1, 0.15) is 29.7 Å². The highest BCUT2D eigenvalue weighted by Gasteiger charge is 2.19. The van der Waals surface area contributed by atoms with Gasteiger partial charge in [-0.1, -0.05) is 24.3 Å². The lowest BCUT2D eigenvalue weighted by atomic mass is 10.1. The summed E-state index contributed by atoms with van der Waals surface area (Å²) in [5.74, 6) is 0. The van der Waals surface area contributed by atoms with Crippen LogP contribution in [0, 0.1) is 6.92 Å². The van der Waals surface area contributed by atoms with E-state index in [9.17, 15) is 0 Å². The van der Waals surface area contributed by atoms with Gasteiger partial charge in [0.15, 0.2) is 0 Å². The Kier molecular flexibility index (Phi) is 3.65. The third kappa shape index (κ3) is 3.44. The Morgan fingerprint density at radius 2 is 1.89 bits per heavy atom. The van der Waals surface area contributed by atoms with Gasteiger partial charge in [0.05, 0.1) is 6.54 Å². The zero-order valence-electron chi connectivity index (χ0n) is 11.5. The van der Waals surface area contributed by atoms with E-state index in [0.717, 1.165) is 25.6 Å². The van der Waals surface area contributed by atoms with E-state index in [1.807, 2.05) is 16.9 Å². The third-order valence-electron chi connectivity index (χ3n) is 3.71. The van der Waals surface area contributed by atoms with E-state index in [4.69, 9.17) is 0 Å². The molecule has 0 saturated heterocycles. The molecule has 19 heavy (non-hydrogen) atoms. The van der Waals surface area contributed by atoms with Crippen LogP contribution in [0.4, 0.5) is 0 Å². The summed E-state index contributed by atoms with van der Waals surface area (Å²) in [7, 11) is 0. The zero-order chi connectivity index (χ0) is 13.1. The van der Waals surface area contributed by atoms with Crippen LogP contribution in [-0.2, 0) is 13.0 Å². The molecule has 2 aromatic rings. The van der Waals surface area contributed by atoms with E-state index in [1.54, 1.807) is 0 Å². The summed E-state index contributed by atoms with van der Waals surface area (Å²) in [4.78, 5) is 0. The lowest BCUT2D eigenvalue weighted by molar-refractivity contribution is 0.663. The summed E-state index contributed by atoms with van der Waals surface area (Å²) in [6, 6.07) is 11.8. The molecule has 0 amide bonds. The maximum Gasteiger partial charge on any atom is 0.0662 e. The zero-order valence-corrected chi connectivity index (χ0v) is 11.5. The molecule has 3 nitrogen and oxygen atoms in total. The van der Waals surface area contributed by atoms with Crippen LogP contribution >= 0.6 is 0 Å². The predicted molar refractivity (Wildman–Crippen MR) is 77.2 cm³/mol. The van der Waals surface area contributed by atoms with E-state index in [2.05, 4.69) is 41.6 Å². The molecule has 0 unspecified atom stereocenters. The number of hydrogen-bond acceptors (Lipinski definition) is 2. The van der Waals surface area contributed by atoms with Crippen LogP contribution in [0.15, 0.2) is 36.5 Å². The van der Waals surface area contributed by atoms with Gasteiger partial charge in [0.25, 0.3) is 0 Å². The van der Waals surface area contributed by atoms with E-state index >= 15 is 0 Å². The maximum atomic E-state index is 4.32. The van der Waals surface area contributed by atoms with Gasteiger partial charge in [0, 0.05) is 17.9 Å². The van der Waals surface area contributed by atoms with Crippen LogP contribution in [0.2, 0.25) is 0 Å². The SMILES string of the molecule is Cc1ccnn1Cc1ccc(CCNC2CC2)cc1. The normalized spacial score (nSPS) is 14.8. The van der Waals surface area contributed by atoms with Crippen molar-refractivity contribution in [1.29, 1.82) is 0 Å². The first-order valence-corrected chi connectivity index (χ1v) is 7.11. The molecule has 1 heterocycles. The second-order valence-corrected chi connectivity index (χ2v) is 5.43. The largest absolute Gasteiger partial charge is 0.314 e. The first-order chi connectivity index (χ1) is 9.31. The summed E-state index contributed by atoms with van der Waals surface area (Å²) >= 11 is 0. The molecule has 0 atom stereocenters. The Bertz CT molecular complexity index is 523. The molecule has 0 radical (unpaired) electrons. The van der Waals surface area contributed by atoms with Gasteiger partial charge in [-0.3, -0.25) is 4.68 Å². The third-order valence-corrected chi connectivity index (χ3v) is 3.71. The second kappa shape index (κ2) is 5.57. The fourth-order valence-electron chi connectivity index (χ4n) is 2.26. The monoisotopic (exact) mass is 255 g/mol. The van der Waals surface area contributed by atoms with Crippen molar-refractivity contribution in [2.75, 3.05) is 6.54 Å². The molecule has 1 aromatic heterocycles. The van der Waals surface area contributed by atoms with E-state index in [-0.39, 0.29) is 0 Å². The summed E-state index contributed by atoms with van der Waals surface area (Å²) < 4.78 is 2.03. The van der Waals surface area contributed by atoms with Gasteiger partial charge in [-0.05, 0) is 49.9 Å². The Balaban J connectivity index is 1.54. The molecule has 1 fully saturated rings. The average molecular weight is 255 g/mol. The second-order valence-electron chi connectivity index (χ2n) is 5.43. The van der Waals surface area contributed by atoms with Gasteiger partial charge in [0.2, 0.25) is 0 Å². The molecule has 3 rings (SSSR count). The number of rotatable bonds is 6. The first kappa shape index (κ1) is 12.4. The molecule has 0 aliphatic heterocycles. The lowest BCUT2D eigenvalue weighted by Crippen LogP contribution is -2.19. The number of nitrogens with one attached hydrogen (secondary N) is 1. The van der Waals surface area contributed by atoms with Gasteiger partial charge in [-0.25, -0.2) is 0 Å². The molecule has 0 spiro atoms. The molecular weight excluding hydrogens is 234 g/mol. The minimum Gasteiger partial charge on any atom is -0.314 e. The Morgan fingerprint density at radius 3 is 2.53 bits per heavy atom. The molecule has 0 bridgehead atoms. The van der Waals surface area contributed by atoms with E-state index in [1.165, 1.54) is 29.7 Å². The number of benzene rings is 1. The number of aryl methyl sites for hydroxylation is 1. The van der Waals surface area contributed by atoms with E-state index in [0.29, 0.717) is 0 Å². The molecule has 1 aliphatic rings. The summed E-state index contributed by atoms with van der Waals surface area (Å²) in [6.07, 6.45) is 5.70. The Labute approximate surface area is 114 Å². The van der Waals surface area contributed by atoms with Crippen LogP contribution < -0.4 is 5.32 Å². The van der Waals surface area contributed by atoms with Crippen molar-refractivity contribution in [1.82, 2.24) is 15.1 Å². The predicted octanol–water partition coefficient (Wildman–Crippen LogP) is 2.53. The van der Waals surface area contributed by atoms with Crippen LogP contribution in [0.25, 0.3) is 0 Å². The fourth-order valence-corrected chi connectivity index (χ4v) is 2.26. The average Bonchev–Trinajstić information content (AvgIpc) is 3.16. The molecule has 100 valence electrons. The van der Waals surface area contributed by atoms with Crippen molar-refractivity contribution in [3.05, 3.63) is 53.3 Å². The summed E-state index contributed by atoms with van der Waals surface area (Å²) in [6.45, 7) is 4.05. The fraction of sp³-hybridized carbons (Fsp3) is 0.438. The summed E-state index contributed by atoms with van der Waals surface area (Å²) in [5.41, 5.74) is 3.93. The number of aromatic nitrogens is 2. The number of nitrogens with zero attached hydrogens (tertiary/aromatic N) is 2. The number of hydrogen-bond donors (Lipinski definition) is 1. The van der Waals surface area contributed by atoms with Crippen molar-refractivity contribution in [3.8, 4) is 0 Å². The van der Waals surface area contributed by atoms with Crippen molar-refractivity contribution in [2.24, 2.45) is 0 Å². The van der Waals surface area contributed by atoms with Crippen molar-refractivity contribution >= 4 is 0 Å². The minimum atomic E-state index is 0.807. The molecule has 1 N–H and O–H groups in total. The van der Waals surface area contributed by atoms with E-state index < -0.39 is 0 Å². The van der Waals surface area contributed by atoms with Crippen molar-refractivity contribution < 1.29 is 0 Å². The topological polar surface area (TPSA) is 29.9 Å². The van der Waals surface area contributed by atoms with Gasteiger partial charge >= 0.3 is 0 Å². The maximum absolute atomic E-state index is 4.32. The highest BCUT2D eigenvalue weighted by atomic mass is 15.3. The molecule has 1 saturated carbocycles. The Morgan fingerprint density at radius 1 is 1.16 bits per heavy atom. The van der Waals surface area contributed by atoms with Crippen molar-refractivity contribution in [2.45, 2.75) is 38.8 Å². The summed E-state index contributed by atoms with van der Waals surface area (Å²) in [5, 5.41) is 7.87. The van der Waals surface area contributed by atoms with Gasteiger partial charge < -0.3 is 5.32 Å².